The van der Waals surface area contributed by atoms with Gasteiger partial charge in [-0.1, -0.05) is 13.3 Å². The van der Waals surface area contributed by atoms with Gasteiger partial charge < -0.3 is 24.8 Å². The van der Waals surface area contributed by atoms with Crippen LogP contribution in [0.1, 0.15) is 26.2 Å². The second-order valence-electron chi connectivity index (χ2n) is 5.27. The largest absolute Gasteiger partial charge is 0.497 e. The molecular weight excluding hydrogens is 306 g/mol. The molecule has 6 nitrogen and oxygen atoms in total. The molecule has 1 aromatic carbocycles. The molecule has 1 aromatic rings. The average molecular weight is 337 g/mol. The third-order valence-corrected chi connectivity index (χ3v) is 3.35. The average Bonchev–Trinajstić information content (AvgIpc) is 2.63. The SMILES string of the molecule is CCCCOCCCNC(=NC)NCCOc1ccc(OC)cc1. The standard InChI is InChI=1S/C18H31N3O3/c1-4-5-13-23-14-6-11-20-18(19-2)21-12-15-24-17-9-7-16(22-3)8-10-17/h7-10H,4-6,11-15H2,1-3H3,(H2,19,20,21). The quantitative estimate of drug-likeness (QED) is 0.348. The van der Waals surface area contributed by atoms with E-state index in [1.807, 2.05) is 24.3 Å². The molecule has 136 valence electrons. The van der Waals surface area contributed by atoms with Gasteiger partial charge in [-0.2, -0.15) is 0 Å². The Morgan fingerprint density at radius 3 is 2.29 bits per heavy atom. The van der Waals surface area contributed by atoms with E-state index in [1.54, 1.807) is 14.2 Å². The highest BCUT2D eigenvalue weighted by molar-refractivity contribution is 5.79. The zero-order valence-electron chi connectivity index (χ0n) is 15.1. The Morgan fingerprint density at radius 2 is 1.62 bits per heavy atom. The fraction of sp³-hybridized carbons (Fsp3) is 0.611. The second kappa shape index (κ2) is 13.5. The molecule has 0 bridgehead atoms. The van der Waals surface area contributed by atoms with Gasteiger partial charge in [-0.15, -0.1) is 0 Å². The van der Waals surface area contributed by atoms with Crippen LogP contribution in [0.15, 0.2) is 29.3 Å². The van der Waals surface area contributed by atoms with E-state index in [0.717, 1.165) is 50.1 Å². The van der Waals surface area contributed by atoms with Crippen molar-refractivity contribution in [3.8, 4) is 11.5 Å². The van der Waals surface area contributed by atoms with E-state index in [9.17, 15) is 0 Å². The zero-order valence-corrected chi connectivity index (χ0v) is 15.1. The molecule has 0 aliphatic heterocycles. The molecule has 1 rings (SSSR count). The van der Waals surface area contributed by atoms with Gasteiger partial charge in [0.15, 0.2) is 5.96 Å². The molecule has 0 aromatic heterocycles. The third kappa shape index (κ3) is 9.25. The number of benzene rings is 1. The lowest BCUT2D eigenvalue weighted by Gasteiger charge is -2.12. The van der Waals surface area contributed by atoms with Crippen LogP contribution >= 0.6 is 0 Å². The summed E-state index contributed by atoms with van der Waals surface area (Å²) < 4.78 is 16.3. The van der Waals surface area contributed by atoms with Crippen molar-refractivity contribution in [2.75, 3.05) is 47.1 Å². The number of rotatable bonds is 12. The number of hydrogen-bond acceptors (Lipinski definition) is 4. The van der Waals surface area contributed by atoms with Gasteiger partial charge in [-0.25, -0.2) is 0 Å². The minimum atomic E-state index is 0.563. The number of ether oxygens (including phenoxy) is 3. The molecule has 0 aliphatic rings. The Hall–Kier alpha value is -1.95. The molecule has 0 atom stereocenters. The van der Waals surface area contributed by atoms with Crippen LogP contribution in [0.4, 0.5) is 0 Å². The fourth-order valence-electron chi connectivity index (χ4n) is 1.96. The highest BCUT2D eigenvalue weighted by atomic mass is 16.5. The number of nitrogens with zero attached hydrogens (tertiary/aromatic N) is 1. The molecular formula is C18H31N3O3. The highest BCUT2D eigenvalue weighted by Gasteiger charge is 1.98. The fourth-order valence-corrected chi connectivity index (χ4v) is 1.96. The van der Waals surface area contributed by atoms with Gasteiger partial charge in [-0.05, 0) is 37.1 Å². The van der Waals surface area contributed by atoms with Crippen LogP contribution < -0.4 is 20.1 Å². The van der Waals surface area contributed by atoms with E-state index >= 15 is 0 Å². The number of methoxy groups -OCH3 is 1. The van der Waals surface area contributed by atoms with Gasteiger partial charge in [0.05, 0.1) is 13.7 Å². The number of unbranched alkanes of at least 4 members (excludes halogenated alkanes) is 1. The molecule has 0 radical (unpaired) electrons. The molecule has 0 heterocycles. The lowest BCUT2D eigenvalue weighted by atomic mass is 10.3. The van der Waals surface area contributed by atoms with E-state index in [-0.39, 0.29) is 0 Å². The zero-order chi connectivity index (χ0) is 17.5. The monoisotopic (exact) mass is 337 g/mol. The van der Waals surface area contributed by atoms with Gasteiger partial charge in [0.2, 0.25) is 0 Å². The minimum Gasteiger partial charge on any atom is -0.497 e. The first kappa shape index (κ1) is 20.1. The predicted molar refractivity (Wildman–Crippen MR) is 98.2 cm³/mol. The van der Waals surface area contributed by atoms with Crippen molar-refractivity contribution >= 4 is 5.96 Å². The second-order valence-corrected chi connectivity index (χ2v) is 5.27. The molecule has 24 heavy (non-hydrogen) atoms. The molecule has 0 saturated heterocycles. The summed E-state index contributed by atoms with van der Waals surface area (Å²) in [7, 11) is 3.41. The topological polar surface area (TPSA) is 64.1 Å². The van der Waals surface area contributed by atoms with Crippen molar-refractivity contribution < 1.29 is 14.2 Å². The van der Waals surface area contributed by atoms with Crippen LogP contribution in [0.2, 0.25) is 0 Å². The summed E-state index contributed by atoms with van der Waals surface area (Å²) in [6, 6.07) is 7.55. The molecule has 0 fully saturated rings. The number of aliphatic imine (C=N–C) groups is 1. The van der Waals surface area contributed by atoms with Gasteiger partial charge >= 0.3 is 0 Å². The molecule has 0 amide bonds. The van der Waals surface area contributed by atoms with Crippen LogP contribution in [-0.4, -0.2) is 53.0 Å². The molecule has 6 heteroatoms. The van der Waals surface area contributed by atoms with Gasteiger partial charge in [0.25, 0.3) is 0 Å². The van der Waals surface area contributed by atoms with Crippen LogP contribution in [0.25, 0.3) is 0 Å². The third-order valence-electron chi connectivity index (χ3n) is 3.35. The lowest BCUT2D eigenvalue weighted by molar-refractivity contribution is 0.129. The minimum absolute atomic E-state index is 0.563. The smallest absolute Gasteiger partial charge is 0.191 e. The number of guanidine groups is 1. The first-order chi connectivity index (χ1) is 11.8. The Morgan fingerprint density at radius 1 is 0.958 bits per heavy atom. The van der Waals surface area contributed by atoms with E-state index < -0.39 is 0 Å². The highest BCUT2D eigenvalue weighted by Crippen LogP contribution is 2.16. The van der Waals surface area contributed by atoms with Crippen molar-refractivity contribution in [1.82, 2.24) is 10.6 Å². The first-order valence-corrected chi connectivity index (χ1v) is 8.59. The van der Waals surface area contributed by atoms with Crippen molar-refractivity contribution in [2.24, 2.45) is 4.99 Å². The van der Waals surface area contributed by atoms with Crippen molar-refractivity contribution in [1.29, 1.82) is 0 Å². The number of nitrogens with one attached hydrogen (secondary N) is 2. The Bertz CT molecular complexity index is 449. The van der Waals surface area contributed by atoms with E-state index in [1.165, 1.54) is 6.42 Å². The van der Waals surface area contributed by atoms with Gasteiger partial charge in [-0.3, -0.25) is 4.99 Å². The van der Waals surface area contributed by atoms with Crippen LogP contribution in [0, 0.1) is 0 Å². The molecule has 2 N–H and O–H groups in total. The van der Waals surface area contributed by atoms with Crippen LogP contribution in [0.3, 0.4) is 0 Å². The summed E-state index contributed by atoms with van der Waals surface area (Å²) in [5.41, 5.74) is 0. The summed E-state index contributed by atoms with van der Waals surface area (Å²) in [6.45, 7) is 5.88. The number of hydrogen-bond donors (Lipinski definition) is 2. The Balaban J connectivity index is 2.06. The van der Waals surface area contributed by atoms with Gasteiger partial charge in [0, 0.05) is 26.8 Å². The van der Waals surface area contributed by atoms with Gasteiger partial charge in [0.1, 0.15) is 18.1 Å². The summed E-state index contributed by atoms with van der Waals surface area (Å²) in [6.07, 6.45) is 3.27. The maximum absolute atomic E-state index is 5.66. The van der Waals surface area contributed by atoms with Crippen molar-refractivity contribution in [3.05, 3.63) is 24.3 Å². The summed E-state index contributed by atoms with van der Waals surface area (Å²) in [4.78, 5) is 4.18. The first-order valence-electron chi connectivity index (χ1n) is 8.59. The van der Waals surface area contributed by atoms with Crippen molar-refractivity contribution in [3.63, 3.8) is 0 Å². The normalized spacial score (nSPS) is 11.2. The lowest BCUT2D eigenvalue weighted by Crippen LogP contribution is -2.39. The molecule has 0 aliphatic carbocycles. The molecule has 0 saturated carbocycles. The van der Waals surface area contributed by atoms with E-state index in [0.29, 0.717) is 13.2 Å². The Labute approximate surface area is 145 Å². The van der Waals surface area contributed by atoms with E-state index in [4.69, 9.17) is 14.2 Å². The molecule has 0 spiro atoms. The maximum Gasteiger partial charge on any atom is 0.191 e. The van der Waals surface area contributed by atoms with Crippen LogP contribution in [-0.2, 0) is 4.74 Å². The Kier molecular flexibility index (Phi) is 11.3. The van der Waals surface area contributed by atoms with E-state index in [2.05, 4.69) is 22.5 Å². The maximum atomic E-state index is 5.66. The van der Waals surface area contributed by atoms with Crippen molar-refractivity contribution in [2.45, 2.75) is 26.2 Å². The molecule has 0 unspecified atom stereocenters. The summed E-state index contributed by atoms with van der Waals surface area (Å²) >= 11 is 0. The van der Waals surface area contributed by atoms with Crippen LogP contribution in [0.5, 0.6) is 11.5 Å². The summed E-state index contributed by atoms with van der Waals surface area (Å²) in [5, 5.41) is 6.48. The predicted octanol–water partition coefficient (Wildman–Crippen LogP) is 2.45. The summed E-state index contributed by atoms with van der Waals surface area (Å²) in [5.74, 6) is 2.43.